The van der Waals surface area contributed by atoms with Crippen LogP contribution in [0.4, 0.5) is 19.0 Å². The van der Waals surface area contributed by atoms with E-state index in [1.165, 1.54) is 33.8 Å². The van der Waals surface area contributed by atoms with Gasteiger partial charge in [-0.3, -0.25) is 9.48 Å². The molecule has 26 heavy (non-hydrogen) atoms. The Morgan fingerprint density at radius 2 is 2.00 bits per heavy atom. The number of nitrogens with zero attached hydrogens (tertiary/aromatic N) is 4. The molecule has 0 atom stereocenters. The van der Waals surface area contributed by atoms with Gasteiger partial charge in [0.2, 0.25) is 0 Å². The van der Waals surface area contributed by atoms with E-state index < -0.39 is 17.6 Å². The Morgan fingerprint density at radius 3 is 2.69 bits per heavy atom. The van der Waals surface area contributed by atoms with Crippen LogP contribution in [0.5, 0.6) is 5.75 Å². The summed E-state index contributed by atoms with van der Waals surface area (Å²) >= 11 is 0. The van der Waals surface area contributed by atoms with Crippen LogP contribution in [0.15, 0.2) is 48.8 Å². The lowest BCUT2D eigenvalue weighted by atomic mass is 10.2. The molecule has 0 aliphatic rings. The molecule has 3 rings (SSSR count). The average molecular weight is 365 g/mol. The number of alkyl halides is 3. The first-order valence-corrected chi connectivity index (χ1v) is 7.46. The van der Waals surface area contributed by atoms with E-state index in [1.807, 2.05) is 0 Å². The number of aromatic nitrogens is 4. The van der Waals surface area contributed by atoms with Gasteiger partial charge in [-0.25, -0.2) is 4.68 Å². The lowest BCUT2D eigenvalue weighted by molar-refractivity contribution is -0.137. The maximum absolute atomic E-state index is 12.7. The third kappa shape index (κ3) is 4.21. The van der Waals surface area contributed by atoms with Gasteiger partial charge in [-0.2, -0.15) is 23.4 Å². The first-order valence-electron chi connectivity index (χ1n) is 7.46. The number of benzene rings is 1. The minimum Gasteiger partial charge on any atom is -0.471 e. The molecule has 7 nitrogen and oxygen atoms in total. The van der Waals surface area contributed by atoms with Crippen molar-refractivity contribution in [3.8, 4) is 5.75 Å². The fraction of sp³-hybridized carbons (Fsp3) is 0.188. The smallest absolute Gasteiger partial charge is 0.416 e. The predicted molar refractivity (Wildman–Crippen MR) is 85.5 cm³/mol. The zero-order chi connectivity index (χ0) is 18.7. The highest BCUT2D eigenvalue weighted by Gasteiger charge is 2.30. The van der Waals surface area contributed by atoms with Crippen molar-refractivity contribution < 1.29 is 22.7 Å². The molecule has 2 heterocycles. The van der Waals surface area contributed by atoms with E-state index in [4.69, 9.17) is 4.74 Å². The fourth-order valence-corrected chi connectivity index (χ4v) is 2.12. The van der Waals surface area contributed by atoms with E-state index in [0.29, 0.717) is 5.82 Å². The number of rotatable bonds is 5. The second-order valence-electron chi connectivity index (χ2n) is 5.37. The molecule has 0 aliphatic carbocycles. The summed E-state index contributed by atoms with van der Waals surface area (Å²) in [6.07, 6.45) is -1.28. The highest BCUT2D eigenvalue weighted by Crippen LogP contribution is 2.31. The second kappa shape index (κ2) is 6.90. The van der Waals surface area contributed by atoms with Gasteiger partial charge in [-0.1, -0.05) is 6.07 Å². The summed E-state index contributed by atoms with van der Waals surface area (Å²) in [5, 5.41) is 10.6. The van der Waals surface area contributed by atoms with E-state index >= 15 is 0 Å². The van der Waals surface area contributed by atoms with E-state index in [-0.39, 0.29) is 18.2 Å². The van der Waals surface area contributed by atoms with Gasteiger partial charge >= 0.3 is 6.18 Å². The number of hydrogen-bond acceptors (Lipinski definition) is 4. The van der Waals surface area contributed by atoms with Crippen molar-refractivity contribution in [2.24, 2.45) is 7.05 Å². The first kappa shape index (κ1) is 17.5. The summed E-state index contributed by atoms with van der Waals surface area (Å²) in [4.78, 5) is 12.1. The van der Waals surface area contributed by atoms with Crippen molar-refractivity contribution in [3.05, 3.63) is 60.0 Å². The van der Waals surface area contributed by atoms with Crippen molar-refractivity contribution >= 4 is 11.7 Å². The van der Waals surface area contributed by atoms with Gasteiger partial charge in [-0.05, 0) is 24.3 Å². The van der Waals surface area contributed by atoms with Crippen molar-refractivity contribution in [3.63, 3.8) is 0 Å². The van der Waals surface area contributed by atoms with Crippen LogP contribution >= 0.6 is 0 Å². The molecule has 0 aliphatic heterocycles. The quantitative estimate of drug-likeness (QED) is 0.755. The predicted octanol–water partition coefficient (Wildman–Crippen LogP) is 2.92. The molecular formula is C16H14F3N5O2. The summed E-state index contributed by atoms with van der Waals surface area (Å²) in [6, 6.07) is 7.62. The van der Waals surface area contributed by atoms with Gasteiger partial charge in [0, 0.05) is 25.5 Å². The standard InChI is InChI=1S/C16H14F3N5O2/c1-23-7-6-14(22-23)20-15(25)13-5-8-24(21-13)10-26-12-4-2-3-11(9-12)16(17,18)19/h2-9H,10H2,1H3,(H,20,22,25). The molecule has 1 amide bonds. The zero-order valence-corrected chi connectivity index (χ0v) is 13.6. The van der Waals surface area contributed by atoms with Crippen LogP contribution < -0.4 is 10.1 Å². The van der Waals surface area contributed by atoms with Gasteiger partial charge in [0.15, 0.2) is 18.2 Å². The van der Waals surface area contributed by atoms with Crippen molar-refractivity contribution in [2.75, 3.05) is 5.32 Å². The van der Waals surface area contributed by atoms with Crippen LogP contribution in [0.3, 0.4) is 0 Å². The normalized spacial score (nSPS) is 11.4. The molecule has 1 aromatic carbocycles. The summed E-state index contributed by atoms with van der Waals surface area (Å²) in [5.41, 5.74) is -0.672. The number of halogens is 3. The number of ether oxygens (including phenoxy) is 1. The average Bonchev–Trinajstić information content (AvgIpc) is 3.21. The Bertz CT molecular complexity index is 917. The molecule has 0 fully saturated rings. The zero-order valence-electron chi connectivity index (χ0n) is 13.6. The molecule has 0 saturated heterocycles. The van der Waals surface area contributed by atoms with Crippen molar-refractivity contribution in [2.45, 2.75) is 12.9 Å². The van der Waals surface area contributed by atoms with Crippen LogP contribution in [-0.2, 0) is 20.0 Å². The second-order valence-corrected chi connectivity index (χ2v) is 5.37. The number of amides is 1. The molecule has 136 valence electrons. The maximum Gasteiger partial charge on any atom is 0.416 e. The molecule has 2 aromatic heterocycles. The molecule has 0 spiro atoms. The molecule has 0 bridgehead atoms. The number of hydrogen-bond donors (Lipinski definition) is 1. The molecule has 0 saturated carbocycles. The van der Waals surface area contributed by atoms with Gasteiger partial charge < -0.3 is 10.1 Å². The maximum atomic E-state index is 12.7. The minimum absolute atomic E-state index is 0.0508. The lowest BCUT2D eigenvalue weighted by Gasteiger charge is -2.10. The van der Waals surface area contributed by atoms with E-state index in [9.17, 15) is 18.0 Å². The number of carbonyl (C=O) groups excluding carboxylic acids is 1. The summed E-state index contributed by atoms with van der Waals surface area (Å²) in [6.45, 7) is -0.141. The van der Waals surface area contributed by atoms with Crippen LogP contribution in [-0.4, -0.2) is 25.5 Å². The van der Waals surface area contributed by atoms with E-state index in [0.717, 1.165) is 12.1 Å². The lowest BCUT2D eigenvalue weighted by Crippen LogP contribution is -2.14. The number of anilines is 1. The summed E-state index contributed by atoms with van der Waals surface area (Å²) < 4.78 is 46.2. The molecule has 0 radical (unpaired) electrons. The molecule has 10 heteroatoms. The number of aryl methyl sites for hydroxylation is 1. The molecule has 1 N–H and O–H groups in total. The van der Waals surface area contributed by atoms with Crippen LogP contribution in [0.2, 0.25) is 0 Å². The first-order chi connectivity index (χ1) is 12.3. The fourth-order valence-electron chi connectivity index (χ4n) is 2.12. The van der Waals surface area contributed by atoms with Crippen LogP contribution in [0.1, 0.15) is 16.1 Å². The molecular weight excluding hydrogens is 351 g/mol. The van der Waals surface area contributed by atoms with Crippen LogP contribution in [0, 0.1) is 0 Å². The third-order valence-electron chi connectivity index (χ3n) is 3.35. The largest absolute Gasteiger partial charge is 0.471 e. The Morgan fingerprint density at radius 1 is 1.19 bits per heavy atom. The van der Waals surface area contributed by atoms with Crippen LogP contribution in [0.25, 0.3) is 0 Å². The highest BCUT2D eigenvalue weighted by molar-refractivity contribution is 6.02. The van der Waals surface area contributed by atoms with E-state index in [1.54, 1.807) is 19.3 Å². The van der Waals surface area contributed by atoms with Gasteiger partial charge in [0.1, 0.15) is 5.75 Å². The van der Waals surface area contributed by atoms with Crippen molar-refractivity contribution in [1.29, 1.82) is 0 Å². The Labute approximate surface area is 146 Å². The minimum atomic E-state index is -4.44. The molecule has 0 unspecified atom stereocenters. The number of carbonyl (C=O) groups is 1. The van der Waals surface area contributed by atoms with Crippen molar-refractivity contribution in [1.82, 2.24) is 19.6 Å². The number of nitrogens with one attached hydrogen (secondary N) is 1. The SMILES string of the molecule is Cn1ccc(NC(=O)c2ccn(COc3cccc(C(F)(F)F)c3)n2)n1. The topological polar surface area (TPSA) is 74.0 Å². The van der Waals surface area contributed by atoms with Gasteiger partial charge in [-0.15, -0.1) is 0 Å². The summed E-state index contributed by atoms with van der Waals surface area (Å²) in [5.74, 6) is -0.0244. The van der Waals surface area contributed by atoms with Gasteiger partial charge in [0.25, 0.3) is 5.91 Å². The Balaban J connectivity index is 1.61. The molecule has 3 aromatic rings. The summed E-state index contributed by atoms with van der Waals surface area (Å²) in [7, 11) is 1.72. The Hall–Kier alpha value is -3.30. The highest BCUT2D eigenvalue weighted by atomic mass is 19.4. The monoisotopic (exact) mass is 365 g/mol. The van der Waals surface area contributed by atoms with Gasteiger partial charge in [0.05, 0.1) is 5.56 Å². The Kier molecular flexibility index (Phi) is 4.65. The van der Waals surface area contributed by atoms with E-state index in [2.05, 4.69) is 15.5 Å². The third-order valence-corrected chi connectivity index (χ3v) is 3.35.